The third-order valence-corrected chi connectivity index (χ3v) is 2.31. The quantitative estimate of drug-likeness (QED) is 0.230. The number of oxime groups is 1. The molecule has 0 radical (unpaired) electrons. The molecule has 1 aromatic rings. The minimum Gasteiger partial charge on any atom is -0.409 e. The highest BCUT2D eigenvalue weighted by molar-refractivity contribution is 5.95. The number of ether oxygens (including phenoxy) is 2. The van der Waals surface area contributed by atoms with Crippen molar-refractivity contribution in [2.75, 3.05) is 26.9 Å². The van der Waals surface area contributed by atoms with E-state index in [4.69, 9.17) is 20.4 Å². The lowest BCUT2D eigenvalue weighted by molar-refractivity contribution is 0.0976. The summed E-state index contributed by atoms with van der Waals surface area (Å²) in [6, 6.07) is 3.64. The molecule has 1 rings (SSSR count). The minimum absolute atomic E-state index is 0.106. The fourth-order valence-corrected chi connectivity index (χ4v) is 1.46. The molecule has 0 aliphatic rings. The van der Waals surface area contributed by atoms with E-state index in [-0.39, 0.29) is 5.84 Å². The second-order valence-electron chi connectivity index (χ2n) is 3.53. The first-order valence-corrected chi connectivity index (χ1v) is 5.49. The normalized spacial score (nSPS) is 11.9. The average Bonchev–Trinajstić information content (AvgIpc) is 2.81. The summed E-state index contributed by atoms with van der Waals surface area (Å²) in [5.74, 6) is 0.106. The van der Waals surface area contributed by atoms with Gasteiger partial charge in [0.25, 0.3) is 0 Å². The Kier molecular flexibility index (Phi) is 6.13. The van der Waals surface area contributed by atoms with Crippen LogP contribution in [0.25, 0.3) is 0 Å². The summed E-state index contributed by atoms with van der Waals surface area (Å²) in [6.45, 7) is 2.64. The number of nitrogens with zero attached hydrogens (tertiary/aromatic N) is 2. The summed E-state index contributed by atoms with van der Waals surface area (Å²) >= 11 is 0. The van der Waals surface area contributed by atoms with Gasteiger partial charge in [-0.3, -0.25) is 0 Å². The van der Waals surface area contributed by atoms with Crippen LogP contribution in [-0.2, 0) is 16.0 Å². The van der Waals surface area contributed by atoms with Crippen molar-refractivity contribution in [3.05, 3.63) is 24.0 Å². The van der Waals surface area contributed by atoms with Crippen molar-refractivity contribution < 1.29 is 14.7 Å². The Labute approximate surface area is 101 Å². The second-order valence-corrected chi connectivity index (χ2v) is 3.53. The van der Waals surface area contributed by atoms with E-state index in [1.807, 2.05) is 16.8 Å². The van der Waals surface area contributed by atoms with Crippen molar-refractivity contribution in [3.8, 4) is 0 Å². The molecule has 1 aromatic heterocycles. The van der Waals surface area contributed by atoms with Gasteiger partial charge in [0, 0.05) is 33.1 Å². The number of methoxy groups -OCH3 is 1. The van der Waals surface area contributed by atoms with E-state index in [9.17, 15) is 0 Å². The van der Waals surface area contributed by atoms with Gasteiger partial charge >= 0.3 is 0 Å². The van der Waals surface area contributed by atoms with Gasteiger partial charge in [0.05, 0.1) is 12.3 Å². The molecule has 0 fully saturated rings. The Morgan fingerprint density at radius 3 is 3.00 bits per heavy atom. The Balaban J connectivity index is 2.30. The SMILES string of the molecule is COCCCOCCn1cccc1/C(N)=N/O. The Hall–Kier alpha value is -1.53. The monoisotopic (exact) mass is 241 g/mol. The molecule has 6 nitrogen and oxygen atoms in total. The van der Waals surface area contributed by atoms with Crippen molar-refractivity contribution in [2.24, 2.45) is 10.9 Å². The average molecular weight is 241 g/mol. The fourth-order valence-electron chi connectivity index (χ4n) is 1.46. The highest BCUT2D eigenvalue weighted by atomic mass is 16.5. The molecule has 0 unspecified atom stereocenters. The summed E-state index contributed by atoms with van der Waals surface area (Å²) in [5, 5.41) is 11.6. The molecule has 0 aliphatic carbocycles. The van der Waals surface area contributed by atoms with Crippen molar-refractivity contribution in [3.63, 3.8) is 0 Å². The molecule has 17 heavy (non-hydrogen) atoms. The molecular formula is C11H19N3O3. The fraction of sp³-hybridized carbons (Fsp3) is 0.545. The third kappa shape index (κ3) is 4.46. The molecule has 0 saturated heterocycles. The van der Waals surface area contributed by atoms with E-state index >= 15 is 0 Å². The van der Waals surface area contributed by atoms with E-state index < -0.39 is 0 Å². The lowest BCUT2D eigenvalue weighted by Crippen LogP contribution is -2.19. The highest BCUT2D eigenvalue weighted by Gasteiger charge is 2.04. The number of hydrogen-bond donors (Lipinski definition) is 2. The van der Waals surface area contributed by atoms with Crippen molar-refractivity contribution in [1.82, 2.24) is 4.57 Å². The van der Waals surface area contributed by atoms with Crippen LogP contribution in [0.3, 0.4) is 0 Å². The zero-order valence-corrected chi connectivity index (χ0v) is 10.0. The van der Waals surface area contributed by atoms with Crippen molar-refractivity contribution in [2.45, 2.75) is 13.0 Å². The molecule has 0 aliphatic heterocycles. The Morgan fingerprint density at radius 1 is 1.47 bits per heavy atom. The summed E-state index contributed by atoms with van der Waals surface area (Å²) in [5.41, 5.74) is 6.22. The van der Waals surface area contributed by atoms with E-state index in [1.165, 1.54) is 0 Å². The molecule has 3 N–H and O–H groups in total. The number of hydrogen-bond acceptors (Lipinski definition) is 4. The topological polar surface area (TPSA) is 82.0 Å². The number of nitrogens with two attached hydrogens (primary N) is 1. The molecule has 96 valence electrons. The van der Waals surface area contributed by atoms with E-state index in [0.29, 0.717) is 32.1 Å². The first kappa shape index (κ1) is 13.5. The predicted octanol–water partition coefficient (Wildman–Crippen LogP) is 0.636. The summed E-state index contributed by atoms with van der Waals surface area (Å²) in [4.78, 5) is 0. The van der Waals surface area contributed by atoms with Crippen LogP contribution in [0.1, 0.15) is 12.1 Å². The third-order valence-electron chi connectivity index (χ3n) is 2.31. The molecule has 6 heteroatoms. The lowest BCUT2D eigenvalue weighted by atomic mass is 10.4. The number of aromatic nitrogens is 1. The Morgan fingerprint density at radius 2 is 2.29 bits per heavy atom. The van der Waals surface area contributed by atoms with E-state index in [0.717, 1.165) is 6.42 Å². The highest BCUT2D eigenvalue weighted by Crippen LogP contribution is 2.02. The van der Waals surface area contributed by atoms with Crippen molar-refractivity contribution in [1.29, 1.82) is 0 Å². The molecule has 0 bridgehead atoms. The van der Waals surface area contributed by atoms with Crippen LogP contribution in [0.5, 0.6) is 0 Å². The maximum absolute atomic E-state index is 8.60. The predicted molar refractivity (Wildman–Crippen MR) is 64.3 cm³/mol. The standard InChI is InChI=1S/C11H19N3O3/c1-16-7-3-8-17-9-6-14-5-2-4-10(14)11(12)13-15/h2,4-5,15H,3,6-9H2,1H3,(H2,12,13). The zero-order valence-electron chi connectivity index (χ0n) is 10.0. The van der Waals surface area contributed by atoms with Gasteiger partial charge in [-0.2, -0.15) is 0 Å². The van der Waals surface area contributed by atoms with Crippen LogP contribution in [-0.4, -0.2) is 42.5 Å². The van der Waals surface area contributed by atoms with Gasteiger partial charge in [-0.15, -0.1) is 0 Å². The smallest absolute Gasteiger partial charge is 0.186 e. The van der Waals surface area contributed by atoms with Crippen LogP contribution < -0.4 is 5.73 Å². The molecule has 1 heterocycles. The van der Waals surface area contributed by atoms with Gasteiger partial charge in [0.15, 0.2) is 5.84 Å². The second kappa shape index (κ2) is 7.70. The molecule has 0 saturated carbocycles. The number of rotatable bonds is 8. The van der Waals surface area contributed by atoms with Crippen LogP contribution in [0.2, 0.25) is 0 Å². The molecule has 0 spiro atoms. The van der Waals surface area contributed by atoms with Gasteiger partial charge in [-0.1, -0.05) is 5.16 Å². The molecular weight excluding hydrogens is 222 g/mol. The first-order chi connectivity index (χ1) is 8.29. The Bertz CT molecular complexity index is 349. The van der Waals surface area contributed by atoms with Gasteiger partial charge in [0.2, 0.25) is 0 Å². The van der Waals surface area contributed by atoms with Gasteiger partial charge in [0.1, 0.15) is 0 Å². The first-order valence-electron chi connectivity index (χ1n) is 5.49. The lowest BCUT2D eigenvalue weighted by Gasteiger charge is -2.08. The zero-order chi connectivity index (χ0) is 12.5. The van der Waals surface area contributed by atoms with Gasteiger partial charge in [-0.25, -0.2) is 0 Å². The van der Waals surface area contributed by atoms with Gasteiger partial charge in [-0.05, 0) is 18.6 Å². The largest absolute Gasteiger partial charge is 0.409 e. The van der Waals surface area contributed by atoms with Crippen LogP contribution in [0.4, 0.5) is 0 Å². The molecule has 0 atom stereocenters. The van der Waals surface area contributed by atoms with Gasteiger partial charge < -0.3 is 25.0 Å². The summed E-state index contributed by atoms with van der Waals surface area (Å²) in [6.07, 6.45) is 2.75. The minimum atomic E-state index is 0.106. The maximum atomic E-state index is 8.60. The van der Waals surface area contributed by atoms with Crippen LogP contribution in [0, 0.1) is 0 Å². The molecule has 0 aromatic carbocycles. The van der Waals surface area contributed by atoms with E-state index in [2.05, 4.69) is 5.16 Å². The van der Waals surface area contributed by atoms with Crippen LogP contribution in [0.15, 0.2) is 23.5 Å². The summed E-state index contributed by atoms with van der Waals surface area (Å²) in [7, 11) is 1.67. The maximum Gasteiger partial charge on any atom is 0.186 e. The van der Waals surface area contributed by atoms with Crippen LogP contribution >= 0.6 is 0 Å². The van der Waals surface area contributed by atoms with E-state index in [1.54, 1.807) is 13.2 Å². The molecule has 0 amide bonds. The number of amidine groups is 1. The van der Waals surface area contributed by atoms with Crippen molar-refractivity contribution >= 4 is 5.84 Å². The summed E-state index contributed by atoms with van der Waals surface area (Å²) < 4.78 is 12.2.